The second kappa shape index (κ2) is 15.6. The number of hydrogen-bond donors (Lipinski definition) is 0. The molecule has 0 saturated carbocycles. The zero-order chi connectivity index (χ0) is 30.7. The molecule has 0 heterocycles. The third-order valence-electron chi connectivity index (χ3n) is 9.45. The van der Waals surface area contributed by atoms with E-state index in [-0.39, 0.29) is 10.8 Å². The summed E-state index contributed by atoms with van der Waals surface area (Å²) >= 11 is 0. The van der Waals surface area contributed by atoms with E-state index in [1.165, 1.54) is 58.4 Å². The third kappa shape index (κ3) is 8.13. The molecule has 4 aromatic rings. The maximum Gasteiger partial charge on any atom is 0.0483 e. The third-order valence-corrected chi connectivity index (χ3v) is 9.45. The summed E-state index contributed by atoms with van der Waals surface area (Å²) in [6.45, 7) is 7.53. The van der Waals surface area contributed by atoms with E-state index in [4.69, 9.17) is 4.99 Å². The number of benzene rings is 4. The van der Waals surface area contributed by atoms with E-state index in [1.54, 1.807) is 0 Å². The maximum absolute atomic E-state index is 5.58. The Balaban J connectivity index is 1.86. The minimum absolute atomic E-state index is 0.0194. The van der Waals surface area contributed by atoms with E-state index < -0.39 is 0 Å². The van der Waals surface area contributed by atoms with Crippen LogP contribution in [0.15, 0.2) is 89.9 Å². The van der Waals surface area contributed by atoms with Crippen LogP contribution in [0.5, 0.6) is 0 Å². The normalized spacial score (nSPS) is 15.1. The van der Waals surface area contributed by atoms with Crippen molar-refractivity contribution < 1.29 is 0 Å². The van der Waals surface area contributed by atoms with Gasteiger partial charge in [0.2, 0.25) is 0 Å². The van der Waals surface area contributed by atoms with Crippen LogP contribution in [0.1, 0.15) is 76.3 Å². The minimum atomic E-state index is -0.113. The number of rotatable bonds is 17. The predicted octanol–water partition coefficient (Wildman–Crippen LogP) is 9.52. The molecule has 2 unspecified atom stereocenters. The first-order valence-corrected chi connectivity index (χ1v) is 16.6. The zero-order valence-electron chi connectivity index (χ0n) is 27.8. The molecule has 43 heavy (non-hydrogen) atoms. The number of unbranched alkanes of at least 4 members (excludes halogenated alkanes) is 2. The van der Waals surface area contributed by atoms with Crippen LogP contribution in [0.3, 0.4) is 0 Å². The smallest absolute Gasteiger partial charge is 0.0483 e. The van der Waals surface area contributed by atoms with Gasteiger partial charge in [0.1, 0.15) is 0 Å². The van der Waals surface area contributed by atoms with Gasteiger partial charge in [-0.3, -0.25) is 4.99 Å². The van der Waals surface area contributed by atoms with Crippen LogP contribution in [0.2, 0.25) is 0 Å². The van der Waals surface area contributed by atoms with Crippen molar-refractivity contribution in [1.29, 1.82) is 0 Å². The van der Waals surface area contributed by atoms with E-state index in [2.05, 4.69) is 143 Å². The molecule has 3 nitrogen and oxygen atoms in total. The van der Waals surface area contributed by atoms with Gasteiger partial charge >= 0.3 is 0 Å². The molecule has 0 aliphatic rings. The van der Waals surface area contributed by atoms with E-state index in [9.17, 15) is 0 Å². The van der Waals surface area contributed by atoms with Crippen molar-refractivity contribution in [3.63, 3.8) is 0 Å². The molecular weight excluding hydrogens is 522 g/mol. The first kappa shape index (κ1) is 32.9. The number of aliphatic imine (C=N–C) groups is 1. The van der Waals surface area contributed by atoms with Crippen molar-refractivity contribution in [3.05, 3.63) is 96.1 Å². The Hall–Kier alpha value is -3.01. The van der Waals surface area contributed by atoms with Crippen molar-refractivity contribution in [2.45, 2.75) is 76.0 Å². The molecule has 0 amide bonds. The first-order chi connectivity index (χ1) is 20.8. The maximum atomic E-state index is 5.58. The van der Waals surface area contributed by atoms with Crippen molar-refractivity contribution in [1.82, 2.24) is 9.80 Å². The van der Waals surface area contributed by atoms with Crippen LogP contribution in [0.4, 0.5) is 0 Å². The molecule has 230 valence electrons. The number of nitrogens with zero attached hydrogens (tertiary/aromatic N) is 3. The molecule has 4 rings (SSSR count). The van der Waals surface area contributed by atoms with Crippen LogP contribution < -0.4 is 0 Å². The highest BCUT2D eigenvalue weighted by Crippen LogP contribution is 2.40. The van der Waals surface area contributed by atoms with Crippen LogP contribution in [0, 0.1) is 0 Å². The topological polar surface area (TPSA) is 18.8 Å². The van der Waals surface area contributed by atoms with Gasteiger partial charge < -0.3 is 9.80 Å². The monoisotopic (exact) mass is 577 g/mol. The lowest BCUT2D eigenvalue weighted by Gasteiger charge is -2.37. The minimum Gasteiger partial charge on any atom is -0.309 e. The SMILES string of the molecule is CCCCC(C=NCC(CCCC)(CCN(C)C)c1cccc2ccccc12)(CCN(C)C)c1cccc2ccccc12. The fourth-order valence-electron chi connectivity index (χ4n) is 6.84. The molecular formula is C40H55N3. The fourth-order valence-corrected chi connectivity index (χ4v) is 6.84. The average Bonchev–Trinajstić information content (AvgIpc) is 3.02. The highest BCUT2D eigenvalue weighted by molar-refractivity contribution is 5.91. The molecule has 0 saturated heterocycles. The largest absolute Gasteiger partial charge is 0.309 e. The summed E-state index contributed by atoms with van der Waals surface area (Å²) in [5, 5.41) is 5.39. The predicted molar refractivity (Wildman–Crippen MR) is 190 cm³/mol. The zero-order valence-corrected chi connectivity index (χ0v) is 27.8. The summed E-state index contributed by atoms with van der Waals surface area (Å²) in [6, 6.07) is 31.7. The van der Waals surface area contributed by atoms with Gasteiger partial charge in [-0.15, -0.1) is 0 Å². The summed E-state index contributed by atoms with van der Waals surface area (Å²) in [5.41, 5.74) is 2.77. The highest BCUT2D eigenvalue weighted by Gasteiger charge is 2.35. The molecule has 0 aliphatic carbocycles. The summed E-state index contributed by atoms with van der Waals surface area (Å²) in [7, 11) is 8.80. The van der Waals surface area contributed by atoms with Crippen molar-refractivity contribution in [2.24, 2.45) is 4.99 Å². The van der Waals surface area contributed by atoms with Gasteiger partial charge in [-0.2, -0.15) is 0 Å². The molecule has 0 fully saturated rings. The Bertz CT molecular complexity index is 1440. The Labute approximate surface area is 262 Å². The van der Waals surface area contributed by atoms with E-state index >= 15 is 0 Å². The van der Waals surface area contributed by atoms with Gasteiger partial charge in [0.15, 0.2) is 0 Å². The molecule has 0 radical (unpaired) electrons. The Morgan fingerprint density at radius 1 is 0.581 bits per heavy atom. The number of hydrogen-bond acceptors (Lipinski definition) is 3. The van der Waals surface area contributed by atoms with Crippen molar-refractivity contribution in [3.8, 4) is 0 Å². The van der Waals surface area contributed by atoms with Gasteiger partial charge in [0.05, 0.1) is 0 Å². The van der Waals surface area contributed by atoms with Crippen LogP contribution >= 0.6 is 0 Å². The Kier molecular flexibility index (Phi) is 12.0. The first-order valence-electron chi connectivity index (χ1n) is 16.6. The van der Waals surface area contributed by atoms with Gasteiger partial charge in [-0.05, 0) is 99.6 Å². The summed E-state index contributed by atoms with van der Waals surface area (Å²) in [5.74, 6) is 0. The molecule has 0 aliphatic heterocycles. The lowest BCUT2D eigenvalue weighted by atomic mass is 9.71. The fraction of sp³-hybridized carbons (Fsp3) is 0.475. The van der Waals surface area contributed by atoms with Crippen molar-refractivity contribution >= 4 is 27.8 Å². The quantitative estimate of drug-likeness (QED) is 0.116. The van der Waals surface area contributed by atoms with Crippen LogP contribution in [-0.2, 0) is 10.8 Å². The second-order valence-corrected chi connectivity index (χ2v) is 13.3. The standard InChI is InChI=1S/C40H55N3/c1-7-9-25-39(27-29-42(3)4,37-23-15-19-33-17-11-13-21-35(33)37)31-41-32-40(26-10-8-2,28-30-43(5)6)38-24-16-20-34-18-12-14-22-36(34)38/h11-24,31H,7-10,25-30,32H2,1-6H3. The Morgan fingerprint density at radius 3 is 1.70 bits per heavy atom. The van der Waals surface area contributed by atoms with Crippen LogP contribution in [-0.4, -0.2) is 63.8 Å². The van der Waals surface area contributed by atoms with Gasteiger partial charge in [-0.25, -0.2) is 0 Å². The van der Waals surface area contributed by atoms with Gasteiger partial charge in [0.25, 0.3) is 0 Å². The second-order valence-electron chi connectivity index (χ2n) is 13.3. The highest BCUT2D eigenvalue weighted by atomic mass is 15.1. The van der Waals surface area contributed by atoms with E-state index in [1.807, 2.05) is 0 Å². The number of fused-ring (bicyclic) bond motifs is 2. The lowest BCUT2D eigenvalue weighted by Crippen LogP contribution is -2.36. The molecule has 0 spiro atoms. The van der Waals surface area contributed by atoms with Crippen molar-refractivity contribution in [2.75, 3.05) is 47.8 Å². The van der Waals surface area contributed by atoms with Gasteiger partial charge in [-0.1, -0.05) is 124 Å². The summed E-state index contributed by atoms with van der Waals surface area (Å²) < 4.78 is 0. The van der Waals surface area contributed by atoms with E-state index in [0.717, 1.165) is 45.3 Å². The van der Waals surface area contributed by atoms with Crippen LogP contribution in [0.25, 0.3) is 21.5 Å². The van der Waals surface area contributed by atoms with Gasteiger partial charge in [0, 0.05) is 23.6 Å². The molecule has 2 atom stereocenters. The lowest BCUT2D eigenvalue weighted by molar-refractivity contribution is 0.298. The Morgan fingerprint density at radius 2 is 1.09 bits per heavy atom. The molecule has 4 aromatic carbocycles. The average molecular weight is 578 g/mol. The summed E-state index contributed by atoms with van der Waals surface area (Å²) in [4.78, 5) is 10.3. The summed E-state index contributed by atoms with van der Waals surface area (Å²) in [6.07, 6.45) is 11.6. The molecule has 0 N–H and O–H groups in total. The molecule has 0 bridgehead atoms. The van der Waals surface area contributed by atoms with E-state index in [0.29, 0.717) is 0 Å². The molecule has 0 aromatic heterocycles. The molecule has 3 heteroatoms.